The van der Waals surface area contributed by atoms with E-state index in [1.165, 1.54) is 0 Å². The molecular formula is C22H28N2O3. The lowest BCUT2D eigenvalue weighted by Gasteiger charge is -2.18. The minimum Gasteiger partial charge on any atom is -0.494 e. The molecule has 0 heterocycles. The second kappa shape index (κ2) is 9.76. The summed E-state index contributed by atoms with van der Waals surface area (Å²) in [6, 6.07) is 15.1. The zero-order valence-corrected chi connectivity index (χ0v) is 16.6. The Morgan fingerprint density at radius 1 is 0.889 bits per heavy atom. The van der Waals surface area contributed by atoms with E-state index in [0.717, 1.165) is 17.0 Å². The van der Waals surface area contributed by atoms with Crippen LogP contribution in [0.1, 0.15) is 35.7 Å². The van der Waals surface area contributed by atoms with Crippen molar-refractivity contribution < 1.29 is 14.3 Å². The van der Waals surface area contributed by atoms with E-state index in [9.17, 15) is 9.59 Å². The zero-order valence-electron chi connectivity index (χ0n) is 16.6. The second-order valence-electron chi connectivity index (χ2n) is 6.69. The van der Waals surface area contributed by atoms with Crippen molar-refractivity contribution in [3.05, 3.63) is 59.7 Å². The molecule has 0 saturated heterocycles. The number of anilines is 1. The average molecular weight is 368 g/mol. The van der Waals surface area contributed by atoms with Crippen LogP contribution in [0.4, 0.5) is 5.69 Å². The number of nitrogens with zero attached hydrogens (tertiary/aromatic N) is 2. The Labute approximate surface area is 161 Å². The monoisotopic (exact) mass is 368 g/mol. The van der Waals surface area contributed by atoms with E-state index in [4.69, 9.17) is 4.74 Å². The maximum absolute atomic E-state index is 12.3. The molecule has 2 aromatic carbocycles. The van der Waals surface area contributed by atoms with Crippen molar-refractivity contribution in [1.82, 2.24) is 4.90 Å². The molecule has 5 nitrogen and oxygen atoms in total. The van der Waals surface area contributed by atoms with E-state index in [1.807, 2.05) is 50.2 Å². The molecule has 0 atom stereocenters. The van der Waals surface area contributed by atoms with Gasteiger partial charge < -0.3 is 14.5 Å². The van der Waals surface area contributed by atoms with Gasteiger partial charge in [-0.2, -0.15) is 0 Å². The van der Waals surface area contributed by atoms with Crippen LogP contribution in [0.3, 0.4) is 0 Å². The van der Waals surface area contributed by atoms with Gasteiger partial charge in [-0.1, -0.05) is 12.1 Å². The van der Waals surface area contributed by atoms with Crippen LogP contribution in [0.15, 0.2) is 48.5 Å². The van der Waals surface area contributed by atoms with Crippen molar-refractivity contribution in [3.63, 3.8) is 0 Å². The van der Waals surface area contributed by atoms with Crippen LogP contribution in [-0.2, 0) is 11.3 Å². The number of hydrogen-bond donors (Lipinski definition) is 0. The highest BCUT2D eigenvalue weighted by atomic mass is 16.5. The molecule has 144 valence electrons. The van der Waals surface area contributed by atoms with Gasteiger partial charge in [0.05, 0.1) is 6.61 Å². The van der Waals surface area contributed by atoms with E-state index in [0.29, 0.717) is 18.7 Å². The number of Topliss-reactive ketones (excluding diaryl/α,β-unsaturated/α-hetero) is 1. The highest BCUT2D eigenvalue weighted by molar-refractivity contribution is 5.98. The minimum atomic E-state index is -0.0361. The van der Waals surface area contributed by atoms with Crippen molar-refractivity contribution in [2.75, 3.05) is 32.6 Å². The molecule has 0 fully saturated rings. The fourth-order valence-electron chi connectivity index (χ4n) is 2.72. The van der Waals surface area contributed by atoms with Gasteiger partial charge in [-0.05, 0) is 48.9 Å². The first kappa shape index (κ1) is 20.5. The Balaban J connectivity index is 1.84. The van der Waals surface area contributed by atoms with Gasteiger partial charge in [0.1, 0.15) is 5.75 Å². The maximum Gasteiger partial charge on any atom is 0.223 e. The molecule has 0 N–H and O–H groups in total. The van der Waals surface area contributed by atoms with E-state index in [1.54, 1.807) is 36.2 Å². The van der Waals surface area contributed by atoms with E-state index < -0.39 is 0 Å². The molecule has 0 aliphatic carbocycles. The normalized spacial score (nSPS) is 10.4. The Hall–Kier alpha value is -2.82. The number of hydrogen-bond acceptors (Lipinski definition) is 4. The lowest BCUT2D eigenvalue weighted by molar-refractivity contribution is -0.130. The summed E-state index contributed by atoms with van der Waals surface area (Å²) >= 11 is 0. The summed E-state index contributed by atoms with van der Waals surface area (Å²) in [4.78, 5) is 28.3. The lowest BCUT2D eigenvalue weighted by Crippen LogP contribution is -2.26. The van der Waals surface area contributed by atoms with Crippen LogP contribution in [0.2, 0.25) is 0 Å². The predicted octanol–water partition coefficient (Wildman–Crippen LogP) is 3.77. The maximum atomic E-state index is 12.3. The first-order valence-corrected chi connectivity index (χ1v) is 9.17. The van der Waals surface area contributed by atoms with Gasteiger partial charge in [0.15, 0.2) is 5.78 Å². The number of carbonyl (C=O) groups is 2. The summed E-state index contributed by atoms with van der Waals surface area (Å²) in [5, 5.41) is 0. The summed E-state index contributed by atoms with van der Waals surface area (Å²) in [5.41, 5.74) is 2.79. The Morgan fingerprint density at radius 3 is 2.07 bits per heavy atom. The Kier molecular flexibility index (Phi) is 7.41. The third-order valence-corrected chi connectivity index (χ3v) is 4.35. The van der Waals surface area contributed by atoms with Crippen LogP contribution >= 0.6 is 0 Å². The highest BCUT2D eigenvalue weighted by Crippen LogP contribution is 2.16. The molecule has 0 spiro atoms. The molecule has 0 unspecified atom stereocenters. The van der Waals surface area contributed by atoms with Crippen LogP contribution in [0, 0.1) is 0 Å². The van der Waals surface area contributed by atoms with Crippen molar-refractivity contribution in [1.29, 1.82) is 0 Å². The highest BCUT2D eigenvalue weighted by Gasteiger charge is 2.13. The van der Waals surface area contributed by atoms with Gasteiger partial charge in [0.25, 0.3) is 0 Å². The summed E-state index contributed by atoms with van der Waals surface area (Å²) in [6.07, 6.45) is 0.412. The third-order valence-electron chi connectivity index (χ3n) is 4.35. The number of ether oxygens (including phenoxy) is 1. The number of benzene rings is 2. The van der Waals surface area contributed by atoms with Gasteiger partial charge in [0, 0.05) is 51.8 Å². The van der Waals surface area contributed by atoms with E-state index in [2.05, 4.69) is 0 Å². The van der Waals surface area contributed by atoms with Gasteiger partial charge in [0.2, 0.25) is 5.91 Å². The smallest absolute Gasteiger partial charge is 0.223 e. The Morgan fingerprint density at radius 2 is 1.52 bits per heavy atom. The fraction of sp³-hybridized carbons (Fsp3) is 0.364. The molecule has 0 aliphatic heterocycles. The number of rotatable bonds is 9. The van der Waals surface area contributed by atoms with Gasteiger partial charge >= 0.3 is 0 Å². The summed E-state index contributed by atoms with van der Waals surface area (Å²) < 4.78 is 5.37. The molecule has 27 heavy (non-hydrogen) atoms. The minimum absolute atomic E-state index is 0.0323. The SMILES string of the molecule is CCOc1ccc(C(=O)CCC(=O)N(C)Cc2ccc(N(C)C)cc2)cc1. The number of carbonyl (C=O) groups excluding carboxylic acids is 2. The molecule has 0 saturated carbocycles. The predicted molar refractivity (Wildman–Crippen MR) is 108 cm³/mol. The van der Waals surface area contributed by atoms with Crippen LogP contribution < -0.4 is 9.64 Å². The standard InChI is InChI=1S/C22H28N2O3/c1-5-27-20-12-8-18(9-13-20)21(25)14-15-22(26)24(4)16-17-6-10-19(11-7-17)23(2)3/h6-13H,5,14-16H2,1-4H3. The van der Waals surface area contributed by atoms with Crippen molar-refractivity contribution in [3.8, 4) is 5.75 Å². The van der Waals surface area contributed by atoms with Crippen LogP contribution in [0.5, 0.6) is 5.75 Å². The number of ketones is 1. The molecule has 0 aromatic heterocycles. The Bertz CT molecular complexity index is 752. The van der Waals surface area contributed by atoms with Gasteiger partial charge in [-0.3, -0.25) is 9.59 Å². The van der Waals surface area contributed by atoms with Crippen molar-refractivity contribution in [2.24, 2.45) is 0 Å². The topological polar surface area (TPSA) is 49.9 Å². The number of amides is 1. The molecule has 0 aliphatic rings. The summed E-state index contributed by atoms with van der Waals surface area (Å²) in [7, 11) is 5.75. The largest absolute Gasteiger partial charge is 0.494 e. The van der Waals surface area contributed by atoms with Crippen LogP contribution in [-0.4, -0.2) is 44.3 Å². The first-order valence-electron chi connectivity index (χ1n) is 9.17. The third kappa shape index (κ3) is 6.13. The van der Waals surface area contributed by atoms with Gasteiger partial charge in [-0.15, -0.1) is 0 Å². The average Bonchev–Trinajstić information content (AvgIpc) is 2.67. The molecule has 0 radical (unpaired) electrons. The van der Waals surface area contributed by atoms with Crippen molar-refractivity contribution in [2.45, 2.75) is 26.3 Å². The molecule has 0 bridgehead atoms. The summed E-state index contributed by atoms with van der Waals surface area (Å²) in [6.45, 7) is 3.04. The summed E-state index contributed by atoms with van der Waals surface area (Å²) in [5.74, 6) is 0.672. The second-order valence-corrected chi connectivity index (χ2v) is 6.69. The molecule has 1 amide bonds. The quantitative estimate of drug-likeness (QED) is 0.632. The van der Waals surface area contributed by atoms with Crippen molar-refractivity contribution >= 4 is 17.4 Å². The van der Waals surface area contributed by atoms with Gasteiger partial charge in [-0.25, -0.2) is 0 Å². The molecule has 2 rings (SSSR count). The zero-order chi connectivity index (χ0) is 19.8. The molecule has 5 heteroatoms. The van der Waals surface area contributed by atoms with Crippen LogP contribution in [0.25, 0.3) is 0 Å². The molecular weight excluding hydrogens is 340 g/mol. The van der Waals surface area contributed by atoms with E-state index >= 15 is 0 Å². The van der Waals surface area contributed by atoms with E-state index in [-0.39, 0.29) is 24.5 Å². The molecule has 2 aromatic rings. The first-order chi connectivity index (χ1) is 12.9. The fourth-order valence-corrected chi connectivity index (χ4v) is 2.72. The lowest BCUT2D eigenvalue weighted by atomic mass is 10.1.